The second kappa shape index (κ2) is 11.6. The average Bonchev–Trinajstić information content (AvgIpc) is 3.58. The summed E-state index contributed by atoms with van der Waals surface area (Å²) in [5.41, 5.74) is 5.32. The van der Waals surface area contributed by atoms with Gasteiger partial charge in [0.05, 0.1) is 18.2 Å². The van der Waals surface area contributed by atoms with Crippen LogP contribution in [0.5, 0.6) is 5.75 Å². The highest BCUT2D eigenvalue weighted by molar-refractivity contribution is 7.87. The van der Waals surface area contributed by atoms with Crippen molar-refractivity contribution in [2.45, 2.75) is 75.8 Å². The van der Waals surface area contributed by atoms with Crippen molar-refractivity contribution < 1.29 is 22.7 Å². The first-order valence-electron chi connectivity index (χ1n) is 17.6. The molecule has 48 heavy (non-hydrogen) atoms. The minimum Gasteiger partial charge on any atom is -0.497 e. The van der Waals surface area contributed by atoms with E-state index in [1.807, 2.05) is 18.2 Å². The summed E-state index contributed by atoms with van der Waals surface area (Å²) in [6, 6.07) is 12.2. The van der Waals surface area contributed by atoms with Crippen LogP contribution in [-0.4, -0.2) is 92.8 Å². The fourth-order valence-corrected chi connectivity index (χ4v) is 10.2. The van der Waals surface area contributed by atoms with E-state index < -0.39 is 21.5 Å². The van der Waals surface area contributed by atoms with E-state index in [0.29, 0.717) is 18.4 Å². The standard InChI is InChI=1S/C37H47N5O5S/c1-39(2)48(45,46)38-35(43)24-12-14-28-31(17-24)42-22-37(36(44)41-16-8-11-25-20-40(3)21-32(25)41)19-30(37)29-18-26(47-4)13-15-27(29)34(42)33(28)23-9-6-5-7-10-23/h12-15,17-18,23,25,30,32H,5-11,16,19-22H2,1-4H3,(H,38,43)/t25-,30?,32+,37?/m0/s1. The van der Waals surface area contributed by atoms with Crippen molar-refractivity contribution in [1.29, 1.82) is 0 Å². The molecule has 10 nitrogen and oxygen atoms in total. The summed E-state index contributed by atoms with van der Waals surface area (Å²) in [7, 11) is 2.68. The third kappa shape index (κ3) is 4.98. The molecule has 2 aliphatic carbocycles. The van der Waals surface area contributed by atoms with Gasteiger partial charge < -0.3 is 19.1 Å². The van der Waals surface area contributed by atoms with Crippen LogP contribution < -0.4 is 9.46 Å². The number of nitrogens with zero attached hydrogens (tertiary/aromatic N) is 4. The van der Waals surface area contributed by atoms with Crippen molar-refractivity contribution in [2.24, 2.45) is 11.3 Å². The zero-order chi connectivity index (χ0) is 33.5. The Kier molecular flexibility index (Phi) is 7.69. The van der Waals surface area contributed by atoms with Crippen LogP contribution in [-0.2, 0) is 21.5 Å². The van der Waals surface area contributed by atoms with Crippen molar-refractivity contribution >= 4 is 32.9 Å². The highest BCUT2D eigenvalue weighted by atomic mass is 32.2. The Labute approximate surface area is 283 Å². The molecule has 3 aromatic rings. The number of nitrogens with one attached hydrogen (secondary N) is 1. The number of aromatic nitrogens is 1. The van der Waals surface area contributed by atoms with Gasteiger partial charge in [0, 0.05) is 74.3 Å². The summed E-state index contributed by atoms with van der Waals surface area (Å²) in [6.07, 6.45) is 8.74. The van der Waals surface area contributed by atoms with Crippen molar-refractivity contribution in [3.05, 3.63) is 53.1 Å². The molecule has 2 unspecified atom stereocenters. The summed E-state index contributed by atoms with van der Waals surface area (Å²) in [6.45, 7) is 3.28. The molecule has 11 heteroatoms. The maximum Gasteiger partial charge on any atom is 0.303 e. The number of likely N-dealkylation sites (tertiary alicyclic amines) is 2. The van der Waals surface area contributed by atoms with Crippen LogP contribution in [0.2, 0.25) is 0 Å². The van der Waals surface area contributed by atoms with Crippen LogP contribution in [0.25, 0.3) is 22.2 Å². The van der Waals surface area contributed by atoms with Crippen LogP contribution in [0.3, 0.4) is 0 Å². The SMILES string of the molecule is COc1ccc2c(c1)C1CC1(C(=O)N1CCC[C@H]3CN(C)C[C@H]31)Cn1c-2c(C2CCCCC2)c2ccc(C(=O)NS(=O)(=O)N(C)C)cc21. The molecule has 2 saturated carbocycles. The molecule has 0 spiro atoms. The number of carbonyl (C=O) groups excluding carboxylic acids is 2. The number of benzene rings is 2. The lowest BCUT2D eigenvalue weighted by Crippen LogP contribution is -2.52. The molecule has 1 aromatic heterocycles. The van der Waals surface area contributed by atoms with Gasteiger partial charge in [-0.2, -0.15) is 12.7 Å². The minimum absolute atomic E-state index is 0.0699. The van der Waals surface area contributed by atoms with Gasteiger partial charge in [0.2, 0.25) is 5.91 Å². The molecule has 2 aromatic carbocycles. The summed E-state index contributed by atoms with van der Waals surface area (Å²) >= 11 is 0. The predicted molar refractivity (Wildman–Crippen MR) is 185 cm³/mol. The Bertz CT molecular complexity index is 1910. The average molecular weight is 674 g/mol. The lowest BCUT2D eigenvalue weighted by Gasteiger charge is -2.39. The Morgan fingerprint density at radius 1 is 1.00 bits per heavy atom. The smallest absolute Gasteiger partial charge is 0.303 e. The Morgan fingerprint density at radius 2 is 1.79 bits per heavy atom. The van der Waals surface area contributed by atoms with Crippen molar-refractivity contribution in [1.82, 2.24) is 23.4 Å². The molecule has 2 saturated heterocycles. The van der Waals surface area contributed by atoms with E-state index in [0.717, 1.165) is 77.5 Å². The first kappa shape index (κ1) is 31.8. The maximum atomic E-state index is 15.1. The number of rotatable bonds is 6. The fourth-order valence-electron chi connectivity index (χ4n) is 9.62. The molecule has 2 amide bonds. The summed E-state index contributed by atoms with van der Waals surface area (Å²) in [5, 5.41) is 1.09. The van der Waals surface area contributed by atoms with Gasteiger partial charge in [0.25, 0.3) is 5.91 Å². The van der Waals surface area contributed by atoms with Gasteiger partial charge in [0.15, 0.2) is 0 Å². The molecule has 1 N–H and O–H groups in total. The van der Waals surface area contributed by atoms with Crippen LogP contribution >= 0.6 is 0 Å². The van der Waals surface area contributed by atoms with E-state index in [1.165, 1.54) is 50.9 Å². The lowest BCUT2D eigenvalue weighted by molar-refractivity contribution is -0.142. The van der Waals surface area contributed by atoms with E-state index in [-0.39, 0.29) is 23.4 Å². The van der Waals surface area contributed by atoms with Crippen molar-refractivity contribution in [2.75, 3.05) is 47.9 Å². The molecule has 256 valence electrons. The van der Waals surface area contributed by atoms with Gasteiger partial charge in [-0.15, -0.1) is 0 Å². The molecule has 8 rings (SSSR count). The van der Waals surface area contributed by atoms with E-state index in [9.17, 15) is 13.2 Å². The van der Waals surface area contributed by atoms with Gasteiger partial charge in [-0.1, -0.05) is 25.3 Å². The number of likely N-dealkylation sites (N-methyl/N-ethyl adjacent to an activating group) is 1. The van der Waals surface area contributed by atoms with Crippen molar-refractivity contribution in [3.63, 3.8) is 0 Å². The fraction of sp³-hybridized carbons (Fsp3) is 0.568. The first-order valence-corrected chi connectivity index (χ1v) is 19.0. The minimum atomic E-state index is -3.97. The van der Waals surface area contributed by atoms with E-state index in [4.69, 9.17) is 4.74 Å². The second-order valence-corrected chi connectivity index (χ2v) is 17.1. The van der Waals surface area contributed by atoms with Crippen LogP contribution in [0.4, 0.5) is 0 Å². The van der Waals surface area contributed by atoms with Gasteiger partial charge in [0.1, 0.15) is 5.75 Å². The summed E-state index contributed by atoms with van der Waals surface area (Å²) < 4.78 is 36.5. The molecular weight excluding hydrogens is 627 g/mol. The van der Waals surface area contributed by atoms with Crippen molar-refractivity contribution in [3.8, 4) is 17.0 Å². The summed E-state index contributed by atoms with van der Waals surface area (Å²) in [4.78, 5) is 33.1. The van der Waals surface area contributed by atoms with Crippen LogP contribution in [0.15, 0.2) is 36.4 Å². The van der Waals surface area contributed by atoms with E-state index in [1.54, 1.807) is 13.2 Å². The molecule has 4 fully saturated rings. The predicted octanol–water partition coefficient (Wildman–Crippen LogP) is 4.94. The second-order valence-electron chi connectivity index (χ2n) is 15.2. The summed E-state index contributed by atoms with van der Waals surface area (Å²) in [5.74, 6) is 1.33. The van der Waals surface area contributed by atoms with E-state index in [2.05, 4.69) is 38.3 Å². The van der Waals surface area contributed by atoms with Crippen LogP contribution in [0, 0.1) is 11.3 Å². The topological polar surface area (TPSA) is 104 Å². The van der Waals surface area contributed by atoms with Crippen LogP contribution in [0.1, 0.15) is 84.7 Å². The zero-order valence-electron chi connectivity index (χ0n) is 28.5. The number of amides is 2. The van der Waals surface area contributed by atoms with Gasteiger partial charge >= 0.3 is 10.2 Å². The molecule has 0 bridgehead atoms. The third-order valence-corrected chi connectivity index (χ3v) is 13.5. The Balaban J connectivity index is 1.31. The molecule has 4 atom stereocenters. The van der Waals surface area contributed by atoms with Gasteiger partial charge in [-0.25, -0.2) is 4.72 Å². The monoisotopic (exact) mass is 673 g/mol. The largest absolute Gasteiger partial charge is 0.497 e. The number of piperidine rings is 1. The molecule has 4 heterocycles. The highest BCUT2D eigenvalue weighted by Gasteiger charge is 2.65. The zero-order valence-corrected chi connectivity index (χ0v) is 29.3. The van der Waals surface area contributed by atoms with Gasteiger partial charge in [-0.3, -0.25) is 9.59 Å². The number of ether oxygens (including phenoxy) is 1. The lowest BCUT2D eigenvalue weighted by atomic mass is 9.81. The van der Waals surface area contributed by atoms with E-state index >= 15 is 4.79 Å². The normalized spacial score (nSPS) is 27.2. The Morgan fingerprint density at radius 3 is 2.54 bits per heavy atom. The molecule has 5 aliphatic rings. The molecule has 0 radical (unpaired) electrons. The quantitative estimate of drug-likeness (QED) is 0.398. The van der Waals surface area contributed by atoms with Gasteiger partial charge in [-0.05, 0) is 92.4 Å². The first-order chi connectivity index (χ1) is 23.0. The molecular formula is C37H47N5O5S. The molecule has 3 aliphatic heterocycles. The Hall–Kier alpha value is -3.41. The number of carbonyl (C=O) groups is 2. The maximum absolute atomic E-state index is 15.1. The highest BCUT2D eigenvalue weighted by Crippen LogP contribution is 2.66. The third-order valence-electron chi connectivity index (χ3n) is 12.1. The number of methoxy groups -OCH3 is 1. The number of fused-ring (bicyclic) bond motifs is 8. The number of hydrogen-bond donors (Lipinski definition) is 1. The number of hydrogen-bond acceptors (Lipinski definition) is 6.